The van der Waals surface area contributed by atoms with Crippen LogP contribution in [0.3, 0.4) is 0 Å². The summed E-state index contributed by atoms with van der Waals surface area (Å²) in [5, 5.41) is 8.39. The molecule has 1 atom stereocenters. The van der Waals surface area contributed by atoms with E-state index in [1.54, 1.807) is 0 Å². The Morgan fingerprint density at radius 2 is 1.79 bits per heavy atom. The SMILES string of the molecule is C=CC(C)N(CC)CC#N.CC.CC. The van der Waals surface area contributed by atoms with Gasteiger partial charge >= 0.3 is 0 Å². The molecule has 84 valence electrons. The summed E-state index contributed by atoms with van der Waals surface area (Å²) in [6.45, 7) is 17.1. The van der Waals surface area contributed by atoms with Gasteiger partial charge in [-0.25, -0.2) is 0 Å². The van der Waals surface area contributed by atoms with Crippen LogP contribution in [-0.2, 0) is 0 Å². The minimum Gasteiger partial charge on any atom is -0.285 e. The fraction of sp³-hybridized carbons (Fsp3) is 0.750. The minimum atomic E-state index is 0.310. The highest BCUT2D eigenvalue weighted by molar-refractivity contribution is 4.88. The summed E-state index contributed by atoms with van der Waals surface area (Å²) < 4.78 is 0. The molecule has 0 fully saturated rings. The number of hydrogen-bond donors (Lipinski definition) is 0. The van der Waals surface area contributed by atoms with E-state index >= 15 is 0 Å². The summed E-state index contributed by atoms with van der Waals surface area (Å²) in [6.07, 6.45) is 1.85. The summed E-state index contributed by atoms with van der Waals surface area (Å²) in [4.78, 5) is 2.05. The summed E-state index contributed by atoms with van der Waals surface area (Å²) >= 11 is 0. The van der Waals surface area contributed by atoms with E-state index in [2.05, 4.69) is 12.6 Å². The number of nitrogens with zero attached hydrogens (tertiary/aromatic N) is 2. The van der Waals surface area contributed by atoms with Gasteiger partial charge in [-0.1, -0.05) is 40.7 Å². The van der Waals surface area contributed by atoms with E-state index in [1.807, 2.05) is 52.5 Å². The van der Waals surface area contributed by atoms with Crippen molar-refractivity contribution >= 4 is 0 Å². The van der Waals surface area contributed by atoms with Gasteiger partial charge < -0.3 is 0 Å². The molecule has 0 aromatic heterocycles. The number of nitriles is 1. The molecule has 0 saturated heterocycles. The van der Waals surface area contributed by atoms with Crippen LogP contribution in [0.15, 0.2) is 12.7 Å². The molecule has 1 unspecified atom stereocenters. The maximum Gasteiger partial charge on any atom is 0.0870 e. The van der Waals surface area contributed by atoms with Gasteiger partial charge in [-0.3, -0.25) is 4.90 Å². The second-order valence-electron chi connectivity index (χ2n) is 2.20. The average molecular weight is 198 g/mol. The van der Waals surface area contributed by atoms with Gasteiger partial charge in [0.25, 0.3) is 0 Å². The van der Waals surface area contributed by atoms with E-state index < -0.39 is 0 Å². The molecule has 0 aliphatic carbocycles. The van der Waals surface area contributed by atoms with Crippen LogP contribution in [0.5, 0.6) is 0 Å². The van der Waals surface area contributed by atoms with Crippen molar-refractivity contribution in [1.29, 1.82) is 5.26 Å². The number of rotatable bonds is 4. The molecule has 0 spiro atoms. The second-order valence-corrected chi connectivity index (χ2v) is 2.20. The molecule has 14 heavy (non-hydrogen) atoms. The molecule has 0 aliphatic rings. The second kappa shape index (κ2) is 18.1. The predicted molar refractivity (Wildman–Crippen MR) is 65.2 cm³/mol. The molecule has 0 aromatic carbocycles. The average Bonchev–Trinajstić information content (AvgIpc) is 2.30. The van der Waals surface area contributed by atoms with E-state index in [9.17, 15) is 0 Å². The zero-order valence-electron chi connectivity index (χ0n) is 10.7. The molecule has 0 aromatic rings. The number of hydrogen-bond acceptors (Lipinski definition) is 2. The van der Waals surface area contributed by atoms with E-state index in [0.717, 1.165) is 6.54 Å². The quantitative estimate of drug-likeness (QED) is 0.511. The Balaban J connectivity index is -0.000000266. The van der Waals surface area contributed by atoms with Crippen molar-refractivity contribution in [2.45, 2.75) is 47.6 Å². The molecule has 0 aliphatic heterocycles. The Morgan fingerprint density at radius 1 is 1.36 bits per heavy atom. The zero-order chi connectivity index (χ0) is 12.0. The van der Waals surface area contributed by atoms with Crippen LogP contribution in [0.1, 0.15) is 41.5 Å². The third kappa shape index (κ3) is 11.2. The molecule has 2 heteroatoms. The van der Waals surface area contributed by atoms with Crippen molar-refractivity contribution in [1.82, 2.24) is 4.90 Å². The minimum absolute atomic E-state index is 0.310. The highest BCUT2D eigenvalue weighted by Gasteiger charge is 2.05. The third-order valence-corrected chi connectivity index (χ3v) is 1.60. The van der Waals surface area contributed by atoms with Gasteiger partial charge in [0.15, 0.2) is 0 Å². The molecule has 0 bridgehead atoms. The molecule has 2 nitrogen and oxygen atoms in total. The first-order valence-corrected chi connectivity index (χ1v) is 5.49. The highest BCUT2D eigenvalue weighted by Crippen LogP contribution is 1.97. The molecule has 0 N–H and O–H groups in total. The summed E-state index contributed by atoms with van der Waals surface area (Å²) in [7, 11) is 0. The zero-order valence-corrected chi connectivity index (χ0v) is 10.7. The normalized spacial score (nSPS) is 9.86. The molecule has 0 amide bonds. The lowest BCUT2D eigenvalue weighted by Crippen LogP contribution is -2.31. The molecule has 0 rings (SSSR count). The van der Waals surface area contributed by atoms with Crippen molar-refractivity contribution in [3.05, 3.63) is 12.7 Å². The summed E-state index contributed by atoms with van der Waals surface area (Å²) in [6, 6.07) is 2.42. The fourth-order valence-electron chi connectivity index (χ4n) is 0.784. The smallest absolute Gasteiger partial charge is 0.0870 e. The maximum absolute atomic E-state index is 8.39. The third-order valence-electron chi connectivity index (χ3n) is 1.60. The Bertz CT molecular complexity index is 136. The largest absolute Gasteiger partial charge is 0.285 e. The van der Waals surface area contributed by atoms with Gasteiger partial charge in [0, 0.05) is 6.04 Å². The lowest BCUT2D eigenvalue weighted by molar-refractivity contribution is 0.285. The van der Waals surface area contributed by atoms with E-state index in [0.29, 0.717) is 12.6 Å². The van der Waals surface area contributed by atoms with Crippen LogP contribution in [0.4, 0.5) is 0 Å². The topological polar surface area (TPSA) is 27.0 Å². The maximum atomic E-state index is 8.39. The Labute approximate surface area is 90.2 Å². The van der Waals surface area contributed by atoms with E-state index in [-0.39, 0.29) is 0 Å². The van der Waals surface area contributed by atoms with Gasteiger partial charge in [0.1, 0.15) is 0 Å². The van der Waals surface area contributed by atoms with Crippen LogP contribution in [-0.4, -0.2) is 24.0 Å². The van der Waals surface area contributed by atoms with Gasteiger partial charge in [0.05, 0.1) is 12.6 Å². The lowest BCUT2D eigenvalue weighted by atomic mass is 10.3. The van der Waals surface area contributed by atoms with E-state index in [1.165, 1.54) is 0 Å². The van der Waals surface area contributed by atoms with E-state index in [4.69, 9.17) is 5.26 Å². The van der Waals surface area contributed by atoms with Gasteiger partial charge in [-0.15, -0.1) is 6.58 Å². The van der Waals surface area contributed by atoms with Crippen molar-refractivity contribution in [3.63, 3.8) is 0 Å². The van der Waals surface area contributed by atoms with Crippen LogP contribution in [0.25, 0.3) is 0 Å². The monoisotopic (exact) mass is 198 g/mol. The molecule has 0 radical (unpaired) electrons. The van der Waals surface area contributed by atoms with Gasteiger partial charge in [0.2, 0.25) is 0 Å². The molecule has 0 saturated carbocycles. The van der Waals surface area contributed by atoms with Crippen LogP contribution >= 0.6 is 0 Å². The Hall–Kier alpha value is -0.810. The summed E-state index contributed by atoms with van der Waals surface area (Å²) in [5.41, 5.74) is 0. The standard InChI is InChI=1S/C8H14N2.2C2H6/c1-4-8(3)10(5-2)7-6-9;2*1-2/h4,8H,1,5,7H2,2-3H3;2*1-2H3. The first-order chi connectivity index (χ1) is 6.76. The molecular weight excluding hydrogens is 172 g/mol. The highest BCUT2D eigenvalue weighted by atomic mass is 15.1. The van der Waals surface area contributed by atoms with Crippen LogP contribution in [0, 0.1) is 11.3 Å². The van der Waals surface area contributed by atoms with Gasteiger partial charge in [-0.2, -0.15) is 5.26 Å². The Morgan fingerprint density at radius 3 is 2.00 bits per heavy atom. The van der Waals surface area contributed by atoms with Gasteiger partial charge in [-0.05, 0) is 13.5 Å². The first kappa shape index (κ1) is 18.9. The van der Waals surface area contributed by atoms with Crippen LogP contribution in [0.2, 0.25) is 0 Å². The van der Waals surface area contributed by atoms with Crippen molar-refractivity contribution in [2.75, 3.05) is 13.1 Å². The van der Waals surface area contributed by atoms with Crippen molar-refractivity contribution in [3.8, 4) is 6.07 Å². The van der Waals surface area contributed by atoms with Crippen LogP contribution < -0.4 is 0 Å². The number of likely N-dealkylation sites (N-methyl/N-ethyl adjacent to an activating group) is 1. The van der Waals surface area contributed by atoms with Crippen molar-refractivity contribution < 1.29 is 0 Å². The summed E-state index contributed by atoms with van der Waals surface area (Å²) in [5.74, 6) is 0. The Kier molecular flexibility index (Phi) is 24.4. The lowest BCUT2D eigenvalue weighted by Gasteiger charge is -2.21. The first-order valence-electron chi connectivity index (χ1n) is 5.49. The molecule has 0 heterocycles. The molecular formula is C12H26N2. The fourth-order valence-corrected chi connectivity index (χ4v) is 0.784. The predicted octanol–water partition coefficient (Wildman–Crippen LogP) is 3.46. The van der Waals surface area contributed by atoms with Crippen molar-refractivity contribution in [2.24, 2.45) is 0 Å².